The fourth-order valence-corrected chi connectivity index (χ4v) is 3.35. The Balaban J connectivity index is 2.05. The highest BCUT2D eigenvalue weighted by atomic mass is 16.2. The van der Waals surface area contributed by atoms with Crippen molar-refractivity contribution in [3.8, 4) is 0 Å². The first kappa shape index (κ1) is 20.6. The predicted molar refractivity (Wildman–Crippen MR) is 119 cm³/mol. The lowest BCUT2D eigenvalue weighted by atomic mass is 9.87. The zero-order valence-electron chi connectivity index (χ0n) is 17.8. The quantitative estimate of drug-likeness (QED) is 0.581. The predicted octanol–water partition coefficient (Wildman–Crippen LogP) is 4.98. The van der Waals surface area contributed by atoms with Gasteiger partial charge in [-0.2, -0.15) is 0 Å². The van der Waals surface area contributed by atoms with Gasteiger partial charge in [0.25, 0.3) is 11.8 Å². The van der Waals surface area contributed by atoms with Crippen molar-refractivity contribution in [1.82, 2.24) is 4.90 Å². The molecule has 1 N–H and O–H groups in total. The maximum Gasteiger partial charge on any atom is 0.278 e. The van der Waals surface area contributed by atoms with E-state index in [-0.39, 0.29) is 23.8 Å². The summed E-state index contributed by atoms with van der Waals surface area (Å²) in [5.41, 5.74) is 5.69. The topological polar surface area (TPSA) is 49.4 Å². The van der Waals surface area contributed by atoms with Crippen molar-refractivity contribution in [2.45, 2.75) is 40.0 Å². The maximum absolute atomic E-state index is 13.0. The van der Waals surface area contributed by atoms with Crippen LogP contribution in [0.15, 0.2) is 60.8 Å². The van der Waals surface area contributed by atoms with E-state index in [1.54, 1.807) is 6.08 Å². The summed E-state index contributed by atoms with van der Waals surface area (Å²) in [6.07, 6.45) is 1.56. The third kappa shape index (κ3) is 4.02. The molecule has 0 unspecified atom stereocenters. The zero-order chi connectivity index (χ0) is 21.3. The van der Waals surface area contributed by atoms with E-state index in [1.807, 2.05) is 56.3 Å². The fraction of sp³-hybridized carbons (Fsp3) is 0.280. The average Bonchev–Trinajstić information content (AvgIpc) is 2.88. The van der Waals surface area contributed by atoms with Crippen LogP contribution in [0.5, 0.6) is 0 Å². The summed E-state index contributed by atoms with van der Waals surface area (Å²) in [6.45, 7) is 14.3. The van der Waals surface area contributed by atoms with Crippen LogP contribution in [-0.4, -0.2) is 23.3 Å². The van der Waals surface area contributed by atoms with E-state index in [4.69, 9.17) is 0 Å². The number of rotatable bonds is 5. The molecule has 1 aliphatic heterocycles. The Hall–Kier alpha value is -3.14. The highest BCUT2D eigenvalue weighted by molar-refractivity contribution is 6.36. The molecule has 2 amide bonds. The van der Waals surface area contributed by atoms with Gasteiger partial charge >= 0.3 is 0 Å². The minimum Gasteiger partial charge on any atom is -0.350 e. The van der Waals surface area contributed by atoms with Gasteiger partial charge in [0.1, 0.15) is 5.70 Å². The van der Waals surface area contributed by atoms with Crippen molar-refractivity contribution in [1.29, 1.82) is 0 Å². The van der Waals surface area contributed by atoms with Crippen LogP contribution >= 0.6 is 0 Å². The first-order valence-electron chi connectivity index (χ1n) is 9.80. The Morgan fingerprint density at radius 3 is 2.17 bits per heavy atom. The molecule has 2 aromatic carbocycles. The van der Waals surface area contributed by atoms with Crippen molar-refractivity contribution >= 4 is 23.1 Å². The Labute approximate surface area is 172 Å². The minimum absolute atomic E-state index is 0.0439. The fourth-order valence-electron chi connectivity index (χ4n) is 3.35. The highest BCUT2D eigenvalue weighted by Gasteiger charge is 2.38. The van der Waals surface area contributed by atoms with Crippen LogP contribution in [0.2, 0.25) is 0 Å². The van der Waals surface area contributed by atoms with Gasteiger partial charge in [0, 0.05) is 12.2 Å². The number of aryl methyl sites for hydroxylation is 2. The van der Waals surface area contributed by atoms with E-state index in [1.165, 1.54) is 10.5 Å². The molecule has 0 atom stereocenters. The van der Waals surface area contributed by atoms with Crippen LogP contribution < -0.4 is 5.32 Å². The van der Waals surface area contributed by atoms with Crippen molar-refractivity contribution in [3.63, 3.8) is 0 Å². The molecule has 4 nitrogen and oxygen atoms in total. The molecule has 0 radical (unpaired) electrons. The van der Waals surface area contributed by atoms with Gasteiger partial charge in [0.2, 0.25) is 0 Å². The Morgan fingerprint density at radius 2 is 1.62 bits per heavy atom. The molecule has 3 rings (SSSR count). The molecular weight excluding hydrogens is 360 g/mol. The van der Waals surface area contributed by atoms with Crippen molar-refractivity contribution in [3.05, 3.63) is 83.1 Å². The Bertz CT molecular complexity index is 1010. The summed E-state index contributed by atoms with van der Waals surface area (Å²) in [6, 6.07) is 13.8. The molecule has 0 aliphatic carbocycles. The summed E-state index contributed by atoms with van der Waals surface area (Å²) in [5, 5.41) is 3.20. The average molecular weight is 389 g/mol. The third-order valence-corrected chi connectivity index (χ3v) is 5.30. The first-order valence-corrected chi connectivity index (χ1v) is 9.80. The Kier molecular flexibility index (Phi) is 5.47. The van der Waals surface area contributed by atoms with Crippen LogP contribution in [0.1, 0.15) is 43.0 Å². The summed E-state index contributed by atoms with van der Waals surface area (Å²) in [4.78, 5) is 27.3. The SMILES string of the molecule is C=CCN1C(=O)C(Nc2ccc(C(C)(C)C)cc2)=C(c2ccc(C)c(C)c2)C1=O. The van der Waals surface area contributed by atoms with Gasteiger partial charge < -0.3 is 5.32 Å². The van der Waals surface area contributed by atoms with Gasteiger partial charge in [-0.15, -0.1) is 6.58 Å². The van der Waals surface area contributed by atoms with Crippen LogP contribution in [0.25, 0.3) is 5.57 Å². The second-order valence-corrected chi connectivity index (χ2v) is 8.51. The number of nitrogens with zero attached hydrogens (tertiary/aromatic N) is 1. The third-order valence-electron chi connectivity index (χ3n) is 5.30. The van der Waals surface area contributed by atoms with Crippen LogP contribution in [0.4, 0.5) is 5.69 Å². The molecule has 1 aliphatic rings. The van der Waals surface area contributed by atoms with Gasteiger partial charge in [0.15, 0.2) is 0 Å². The number of carbonyl (C=O) groups excluding carboxylic acids is 2. The number of amides is 2. The van der Waals surface area contributed by atoms with E-state index in [2.05, 4.69) is 32.7 Å². The number of imide groups is 1. The molecule has 0 aromatic heterocycles. The molecule has 2 aromatic rings. The van der Waals surface area contributed by atoms with Crippen molar-refractivity contribution < 1.29 is 9.59 Å². The van der Waals surface area contributed by atoms with Crippen LogP contribution in [-0.2, 0) is 15.0 Å². The van der Waals surface area contributed by atoms with E-state index < -0.39 is 0 Å². The van der Waals surface area contributed by atoms with E-state index in [0.29, 0.717) is 11.3 Å². The highest BCUT2D eigenvalue weighted by Crippen LogP contribution is 2.32. The lowest BCUT2D eigenvalue weighted by Crippen LogP contribution is -2.32. The zero-order valence-corrected chi connectivity index (χ0v) is 17.8. The summed E-state index contributed by atoms with van der Waals surface area (Å²) >= 11 is 0. The van der Waals surface area contributed by atoms with Crippen LogP contribution in [0, 0.1) is 13.8 Å². The lowest BCUT2D eigenvalue weighted by molar-refractivity contribution is -0.136. The Morgan fingerprint density at radius 1 is 0.966 bits per heavy atom. The van der Waals surface area contributed by atoms with Gasteiger partial charge in [-0.1, -0.05) is 57.2 Å². The molecule has 0 saturated carbocycles. The van der Waals surface area contributed by atoms with Gasteiger partial charge in [0.05, 0.1) is 5.57 Å². The molecule has 150 valence electrons. The summed E-state index contributed by atoms with van der Waals surface area (Å²) in [5.74, 6) is -0.630. The number of carbonyl (C=O) groups is 2. The first-order chi connectivity index (χ1) is 13.6. The van der Waals surface area contributed by atoms with Gasteiger partial charge in [-0.25, -0.2) is 0 Å². The smallest absolute Gasteiger partial charge is 0.278 e. The lowest BCUT2D eigenvalue weighted by Gasteiger charge is -2.19. The van der Waals surface area contributed by atoms with Crippen LogP contribution in [0.3, 0.4) is 0 Å². The largest absolute Gasteiger partial charge is 0.350 e. The second-order valence-electron chi connectivity index (χ2n) is 8.51. The van der Waals surface area contributed by atoms with E-state index >= 15 is 0 Å². The van der Waals surface area contributed by atoms with Crippen molar-refractivity contribution in [2.24, 2.45) is 0 Å². The number of benzene rings is 2. The maximum atomic E-state index is 13.0. The second kappa shape index (κ2) is 7.70. The normalized spacial score (nSPS) is 14.6. The number of nitrogens with one attached hydrogen (secondary N) is 1. The number of hydrogen-bond acceptors (Lipinski definition) is 3. The monoisotopic (exact) mass is 388 g/mol. The molecule has 1 heterocycles. The van der Waals surface area contributed by atoms with E-state index in [0.717, 1.165) is 22.4 Å². The van der Waals surface area contributed by atoms with Gasteiger partial charge in [-0.05, 0) is 53.6 Å². The van der Waals surface area contributed by atoms with Gasteiger partial charge in [-0.3, -0.25) is 14.5 Å². The summed E-state index contributed by atoms with van der Waals surface area (Å²) < 4.78 is 0. The molecule has 0 spiro atoms. The molecule has 0 bridgehead atoms. The van der Waals surface area contributed by atoms with E-state index in [9.17, 15) is 9.59 Å². The number of hydrogen-bond donors (Lipinski definition) is 1. The molecular formula is C25H28N2O2. The molecule has 29 heavy (non-hydrogen) atoms. The standard InChI is InChI=1S/C25H28N2O2/c1-7-14-27-23(28)21(18-9-8-16(2)17(3)15-18)22(24(27)29)26-20-12-10-19(11-13-20)25(4,5)6/h7-13,15,26H,1,14H2,2-6H3. The van der Waals surface area contributed by atoms with Crippen molar-refractivity contribution in [2.75, 3.05) is 11.9 Å². The molecule has 0 saturated heterocycles. The molecule has 4 heteroatoms. The number of anilines is 1. The molecule has 0 fully saturated rings. The minimum atomic E-state index is -0.331. The summed E-state index contributed by atoms with van der Waals surface area (Å²) in [7, 11) is 0.